The number of hydrogen-bond acceptors (Lipinski definition) is 3. The van der Waals surface area contributed by atoms with E-state index in [1.54, 1.807) is 13.3 Å². The molecule has 5 nitrogen and oxygen atoms in total. The fourth-order valence-corrected chi connectivity index (χ4v) is 2.81. The van der Waals surface area contributed by atoms with Crippen LogP contribution in [0.2, 0.25) is 0 Å². The minimum absolute atomic E-state index is 0.00247. The van der Waals surface area contributed by atoms with Gasteiger partial charge in [0.05, 0.1) is 12.9 Å². The third kappa shape index (κ3) is 4.80. The van der Waals surface area contributed by atoms with Crippen LogP contribution in [0, 0.1) is 0 Å². The van der Waals surface area contributed by atoms with Crippen molar-refractivity contribution in [2.45, 2.75) is 19.5 Å². The van der Waals surface area contributed by atoms with Crippen LogP contribution < -0.4 is 5.32 Å². The lowest BCUT2D eigenvalue weighted by Gasteiger charge is -2.12. The van der Waals surface area contributed by atoms with Crippen molar-refractivity contribution in [2.24, 2.45) is 0 Å². The van der Waals surface area contributed by atoms with Crippen molar-refractivity contribution in [1.82, 2.24) is 14.9 Å². The zero-order chi connectivity index (χ0) is 18.2. The molecule has 1 aromatic heterocycles. The van der Waals surface area contributed by atoms with Crippen LogP contribution in [-0.4, -0.2) is 29.2 Å². The van der Waals surface area contributed by atoms with Gasteiger partial charge in [-0.15, -0.1) is 0 Å². The summed E-state index contributed by atoms with van der Waals surface area (Å²) in [6.07, 6.45) is 5.93. The highest BCUT2D eigenvalue weighted by Crippen LogP contribution is 2.24. The van der Waals surface area contributed by atoms with Gasteiger partial charge in [-0.05, 0) is 22.3 Å². The molecule has 0 aliphatic carbocycles. The van der Waals surface area contributed by atoms with E-state index in [0.717, 1.165) is 23.2 Å². The second-order valence-corrected chi connectivity index (χ2v) is 6.11. The van der Waals surface area contributed by atoms with E-state index >= 15 is 0 Å². The molecule has 0 radical (unpaired) electrons. The first kappa shape index (κ1) is 17.9. The number of rotatable bonds is 8. The predicted octanol–water partition coefficient (Wildman–Crippen LogP) is 3.25. The van der Waals surface area contributed by atoms with Crippen LogP contribution >= 0.6 is 0 Å². The fraction of sp³-hybridized carbons (Fsp3) is 0.238. The highest BCUT2D eigenvalue weighted by atomic mass is 16.5. The Kier molecular flexibility index (Phi) is 6.17. The lowest BCUT2D eigenvalue weighted by molar-refractivity contribution is -0.122. The largest absolute Gasteiger partial charge is 0.384 e. The Morgan fingerprint density at radius 3 is 2.69 bits per heavy atom. The number of nitrogens with one attached hydrogen (secondary N) is 1. The Labute approximate surface area is 153 Å². The molecule has 26 heavy (non-hydrogen) atoms. The minimum Gasteiger partial charge on any atom is -0.384 e. The lowest BCUT2D eigenvalue weighted by atomic mass is 9.98. The van der Waals surface area contributed by atoms with Crippen LogP contribution in [0.4, 0.5) is 0 Å². The molecule has 0 aliphatic heterocycles. The van der Waals surface area contributed by atoms with Crippen LogP contribution in [0.3, 0.4) is 0 Å². The zero-order valence-electron chi connectivity index (χ0n) is 14.9. The van der Waals surface area contributed by atoms with Crippen LogP contribution in [0.25, 0.3) is 11.1 Å². The third-order valence-electron chi connectivity index (χ3n) is 4.22. The van der Waals surface area contributed by atoms with E-state index in [9.17, 15) is 4.79 Å². The van der Waals surface area contributed by atoms with Gasteiger partial charge in [0.2, 0.25) is 5.91 Å². The number of aromatic nitrogens is 2. The van der Waals surface area contributed by atoms with Crippen molar-refractivity contribution in [3.05, 3.63) is 78.4 Å². The monoisotopic (exact) mass is 349 g/mol. The first-order valence-corrected chi connectivity index (χ1v) is 8.65. The molecule has 0 saturated heterocycles. The molecule has 3 rings (SSSR count). The normalized spacial score (nSPS) is 10.7. The highest BCUT2D eigenvalue weighted by molar-refractivity contribution is 5.76. The summed E-state index contributed by atoms with van der Waals surface area (Å²) in [5.41, 5.74) is 4.59. The van der Waals surface area contributed by atoms with Gasteiger partial charge in [-0.25, -0.2) is 4.98 Å². The number of ether oxygens (including phenoxy) is 1. The second-order valence-electron chi connectivity index (χ2n) is 6.11. The summed E-state index contributed by atoms with van der Waals surface area (Å²) in [6, 6.07) is 16.6. The minimum atomic E-state index is -0.00247. The summed E-state index contributed by atoms with van der Waals surface area (Å²) in [6.45, 7) is 1.75. The van der Waals surface area contributed by atoms with Gasteiger partial charge in [0.25, 0.3) is 0 Å². The number of carbonyl (C=O) groups excluding carboxylic acids is 1. The molecule has 1 heterocycles. The van der Waals surface area contributed by atoms with E-state index in [0.29, 0.717) is 19.6 Å². The molecule has 1 N–H and O–H groups in total. The van der Waals surface area contributed by atoms with Crippen molar-refractivity contribution in [3.8, 4) is 11.1 Å². The van der Waals surface area contributed by atoms with Crippen molar-refractivity contribution < 1.29 is 9.53 Å². The second kappa shape index (κ2) is 8.97. The molecular formula is C21H23N3O2. The first-order chi connectivity index (χ1) is 12.8. The van der Waals surface area contributed by atoms with Gasteiger partial charge in [-0.1, -0.05) is 48.5 Å². The van der Waals surface area contributed by atoms with E-state index in [-0.39, 0.29) is 5.91 Å². The molecule has 2 aromatic carbocycles. The lowest BCUT2D eigenvalue weighted by Crippen LogP contribution is -2.24. The number of imidazole rings is 1. The van der Waals surface area contributed by atoms with E-state index in [1.807, 2.05) is 35.3 Å². The van der Waals surface area contributed by atoms with Crippen molar-refractivity contribution in [3.63, 3.8) is 0 Å². The summed E-state index contributed by atoms with van der Waals surface area (Å²) in [5, 5.41) is 2.96. The van der Waals surface area contributed by atoms with Crippen molar-refractivity contribution in [2.75, 3.05) is 13.7 Å². The molecule has 0 unspecified atom stereocenters. The SMILES string of the molecule is COCCC(=O)NCc1ccccc1-c1ccc(Cn2ccnc2)cc1. The molecule has 1 amide bonds. The number of carbonyl (C=O) groups is 1. The van der Waals surface area contributed by atoms with E-state index in [2.05, 4.69) is 40.6 Å². The summed E-state index contributed by atoms with van der Waals surface area (Å²) in [4.78, 5) is 15.9. The molecule has 0 atom stereocenters. The van der Waals surface area contributed by atoms with Crippen LogP contribution in [0.1, 0.15) is 17.5 Å². The van der Waals surface area contributed by atoms with Crippen molar-refractivity contribution >= 4 is 5.91 Å². The topological polar surface area (TPSA) is 56.1 Å². The number of amides is 1. The van der Waals surface area contributed by atoms with Crippen molar-refractivity contribution in [1.29, 1.82) is 0 Å². The molecule has 134 valence electrons. The number of nitrogens with zero attached hydrogens (tertiary/aromatic N) is 2. The van der Waals surface area contributed by atoms with Gasteiger partial charge < -0.3 is 14.6 Å². The van der Waals surface area contributed by atoms with Gasteiger partial charge in [0, 0.05) is 39.0 Å². The smallest absolute Gasteiger partial charge is 0.222 e. The molecule has 0 spiro atoms. The maximum Gasteiger partial charge on any atom is 0.222 e. The third-order valence-corrected chi connectivity index (χ3v) is 4.22. The van der Waals surface area contributed by atoms with Crippen LogP contribution in [0.15, 0.2) is 67.3 Å². The van der Waals surface area contributed by atoms with Gasteiger partial charge in [-0.3, -0.25) is 4.79 Å². The maximum atomic E-state index is 11.8. The average molecular weight is 349 g/mol. The Hall–Kier alpha value is -2.92. The van der Waals surface area contributed by atoms with Gasteiger partial charge in [0.1, 0.15) is 0 Å². The van der Waals surface area contributed by atoms with Crippen LogP contribution in [-0.2, 0) is 22.6 Å². The highest BCUT2D eigenvalue weighted by Gasteiger charge is 2.07. The van der Waals surface area contributed by atoms with Gasteiger partial charge in [-0.2, -0.15) is 0 Å². The molecule has 0 fully saturated rings. The summed E-state index contributed by atoms with van der Waals surface area (Å²) < 4.78 is 6.98. The van der Waals surface area contributed by atoms with Gasteiger partial charge >= 0.3 is 0 Å². The predicted molar refractivity (Wildman–Crippen MR) is 102 cm³/mol. The first-order valence-electron chi connectivity index (χ1n) is 8.65. The number of hydrogen-bond donors (Lipinski definition) is 1. The number of methoxy groups -OCH3 is 1. The zero-order valence-corrected chi connectivity index (χ0v) is 14.9. The van der Waals surface area contributed by atoms with E-state index in [4.69, 9.17) is 4.74 Å². The summed E-state index contributed by atoms with van der Waals surface area (Å²) >= 11 is 0. The molecule has 0 bridgehead atoms. The summed E-state index contributed by atoms with van der Waals surface area (Å²) in [7, 11) is 1.60. The quantitative estimate of drug-likeness (QED) is 0.679. The standard InChI is InChI=1S/C21H23N3O2/c1-26-13-10-21(25)23-14-19-4-2-3-5-20(19)18-8-6-17(7-9-18)15-24-12-11-22-16-24/h2-9,11-12,16H,10,13-15H2,1H3,(H,23,25). The van der Waals surface area contributed by atoms with Gasteiger partial charge in [0.15, 0.2) is 0 Å². The number of benzene rings is 2. The van der Waals surface area contributed by atoms with E-state index in [1.165, 1.54) is 5.56 Å². The molecule has 0 saturated carbocycles. The summed E-state index contributed by atoms with van der Waals surface area (Å²) in [5.74, 6) is -0.00247. The Morgan fingerprint density at radius 2 is 1.96 bits per heavy atom. The maximum absolute atomic E-state index is 11.8. The van der Waals surface area contributed by atoms with E-state index < -0.39 is 0 Å². The molecule has 3 aromatic rings. The Morgan fingerprint density at radius 1 is 1.15 bits per heavy atom. The Balaban J connectivity index is 1.69. The molecule has 0 aliphatic rings. The average Bonchev–Trinajstić information content (AvgIpc) is 3.18. The molecular weight excluding hydrogens is 326 g/mol. The molecule has 5 heteroatoms. The Bertz CT molecular complexity index is 827. The fourth-order valence-electron chi connectivity index (χ4n) is 2.81. The van der Waals surface area contributed by atoms with Crippen LogP contribution in [0.5, 0.6) is 0 Å².